The van der Waals surface area contributed by atoms with Crippen LogP contribution in [0.5, 0.6) is 0 Å². The third-order valence-electron chi connectivity index (χ3n) is 6.40. The van der Waals surface area contributed by atoms with Crippen LogP contribution in [-0.2, 0) is 19.5 Å². The molecule has 2 aliphatic heterocycles. The van der Waals surface area contributed by atoms with E-state index in [1.165, 1.54) is 16.4 Å². The normalized spacial score (nSPS) is 23.7. The minimum absolute atomic E-state index is 0.156. The van der Waals surface area contributed by atoms with Gasteiger partial charge in [-0.1, -0.05) is 0 Å². The van der Waals surface area contributed by atoms with Crippen molar-refractivity contribution in [1.29, 1.82) is 5.26 Å². The van der Waals surface area contributed by atoms with E-state index in [-0.39, 0.29) is 28.5 Å². The number of H-pyrrole nitrogens is 1. The lowest BCUT2D eigenvalue weighted by Crippen LogP contribution is -2.44. The molecule has 1 unspecified atom stereocenters. The summed E-state index contributed by atoms with van der Waals surface area (Å²) < 4.78 is 40.2. The summed E-state index contributed by atoms with van der Waals surface area (Å²) in [6, 6.07) is 10.1. The molecule has 2 N–H and O–H groups in total. The van der Waals surface area contributed by atoms with E-state index in [9.17, 15) is 18.5 Å². The van der Waals surface area contributed by atoms with Crippen LogP contribution in [0.15, 0.2) is 46.2 Å². The largest absolute Gasteiger partial charge is 0.379 e. The molecule has 1 aromatic carbocycles. The number of nitrogens with zero attached hydrogens (tertiary/aromatic N) is 4. The Hall–Kier alpha value is -3.24. The van der Waals surface area contributed by atoms with Gasteiger partial charge in [-0.3, -0.25) is 9.48 Å². The van der Waals surface area contributed by atoms with Gasteiger partial charge in [0.2, 0.25) is 10.0 Å². The molecule has 2 saturated heterocycles. The second-order valence-corrected chi connectivity index (χ2v) is 10.7. The number of sulfonamides is 1. The maximum Gasteiger partial charge on any atom is 0.261 e. The summed E-state index contributed by atoms with van der Waals surface area (Å²) in [6.45, 7) is 3.67. The van der Waals surface area contributed by atoms with Gasteiger partial charge in [-0.15, -0.1) is 0 Å². The molecule has 5 rings (SSSR count). The van der Waals surface area contributed by atoms with Gasteiger partial charge in [0.15, 0.2) is 5.82 Å². The first-order chi connectivity index (χ1) is 16.9. The number of rotatable bonds is 5. The van der Waals surface area contributed by atoms with Crippen molar-refractivity contribution in [2.24, 2.45) is 5.92 Å². The third kappa shape index (κ3) is 4.43. The minimum atomic E-state index is -3.64. The van der Waals surface area contributed by atoms with Crippen molar-refractivity contribution in [2.45, 2.75) is 30.4 Å². The summed E-state index contributed by atoms with van der Waals surface area (Å²) in [5, 5.41) is 17.7. The SMILES string of the molecule is CC1CN(S(=O)(=O)c2ccc(Nc3nn([C@H]4COCC[C@@H]4C#N)c4cc[nH]c(=O)c34)cc2)CCO1. The fraction of sp³-hybridized carbons (Fsp3) is 0.435. The Morgan fingerprint density at radius 2 is 2.03 bits per heavy atom. The number of nitriles is 1. The second-order valence-electron chi connectivity index (χ2n) is 8.72. The number of aromatic nitrogens is 3. The molecule has 4 heterocycles. The van der Waals surface area contributed by atoms with Gasteiger partial charge in [-0.2, -0.15) is 14.7 Å². The molecule has 11 nitrogen and oxygen atoms in total. The first-order valence-electron chi connectivity index (χ1n) is 11.4. The van der Waals surface area contributed by atoms with Crippen LogP contribution in [-0.4, -0.2) is 66.5 Å². The van der Waals surface area contributed by atoms with Crippen LogP contribution < -0.4 is 10.9 Å². The molecule has 35 heavy (non-hydrogen) atoms. The number of nitrogens with one attached hydrogen (secondary N) is 2. The summed E-state index contributed by atoms with van der Waals surface area (Å²) in [5.74, 6) is 0.0353. The van der Waals surface area contributed by atoms with Gasteiger partial charge in [-0.05, 0) is 43.7 Å². The zero-order valence-corrected chi connectivity index (χ0v) is 20.0. The lowest BCUT2D eigenvalue weighted by molar-refractivity contribution is 0.0102. The topological polar surface area (TPSA) is 142 Å². The van der Waals surface area contributed by atoms with E-state index in [1.54, 1.807) is 29.1 Å². The molecule has 0 radical (unpaired) electrons. The molecular weight excluding hydrogens is 472 g/mol. The number of fused-ring (bicyclic) bond motifs is 1. The highest BCUT2D eigenvalue weighted by atomic mass is 32.2. The van der Waals surface area contributed by atoms with Crippen LogP contribution in [0.1, 0.15) is 19.4 Å². The summed E-state index contributed by atoms with van der Waals surface area (Å²) >= 11 is 0. The summed E-state index contributed by atoms with van der Waals surface area (Å²) in [5.41, 5.74) is 0.848. The molecule has 12 heteroatoms. The number of ether oxygens (including phenoxy) is 2. The van der Waals surface area contributed by atoms with Crippen molar-refractivity contribution < 1.29 is 17.9 Å². The molecule has 0 spiro atoms. The summed E-state index contributed by atoms with van der Waals surface area (Å²) in [6.07, 6.45) is 1.98. The maximum atomic E-state index is 13.0. The highest BCUT2D eigenvalue weighted by molar-refractivity contribution is 7.89. The van der Waals surface area contributed by atoms with Crippen molar-refractivity contribution in [3.05, 3.63) is 46.9 Å². The molecule has 2 aliphatic rings. The highest BCUT2D eigenvalue weighted by Crippen LogP contribution is 2.32. The second kappa shape index (κ2) is 9.43. The van der Waals surface area contributed by atoms with Crippen molar-refractivity contribution in [1.82, 2.24) is 19.1 Å². The molecule has 2 aromatic heterocycles. The van der Waals surface area contributed by atoms with Crippen LogP contribution in [0, 0.1) is 17.2 Å². The van der Waals surface area contributed by atoms with E-state index >= 15 is 0 Å². The summed E-state index contributed by atoms with van der Waals surface area (Å²) in [7, 11) is -3.64. The van der Waals surface area contributed by atoms with Crippen molar-refractivity contribution in [2.75, 3.05) is 38.2 Å². The standard InChI is InChI=1S/C23H26N6O5S/c1-15-13-28(9-11-34-15)35(31,32)18-4-2-17(3-5-18)26-22-21-19(6-8-25-23(21)30)29(27-22)20-14-33-10-7-16(20)12-24/h2-6,8,15-16,20H,7,9-11,13-14H2,1H3,(H,25,30)(H,26,27)/t15?,16-,20+/m1/s1. The van der Waals surface area contributed by atoms with E-state index in [0.717, 1.165) is 0 Å². The van der Waals surface area contributed by atoms with Crippen molar-refractivity contribution >= 4 is 32.4 Å². The van der Waals surface area contributed by atoms with E-state index in [2.05, 4.69) is 21.5 Å². The number of pyridine rings is 1. The fourth-order valence-electron chi connectivity index (χ4n) is 4.56. The van der Waals surface area contributed by atoms with E-state index in [1.807, 2.05) is 6.92 Å². The molecule has 2 fully saturated rings. The monoisotopic (exact) mass is 498 g/mol. The molecule has 3 aromatic rings. The summed E-state index contributed by atoms with van der Waals surface area (Å²) in [4.78, 5) is 15.5. The lowest BCUT2D eigenvalue weighted by Gasteiger charge is -2.30. The van der Waals surface area contributed by atoms with Crippen LogP contribution >= 0.6 is 0 Å². The van der Waals surface area contributed by atoms with Crippen molar-refractivity contribution in [3.63, 3.8) is 0 Å². The number of hydrogen-bond acceptors (Lipinski definition) is 8. The van der Waals surface area contributed by atoms with Gasteiger partial charge in [0.1, 0.15) is 5.39 Å². The Morgan fingerprint density at radius 1 is 1.23 bits per heavy atom. The Labute approximate surface area is 202 Å². The number of morpholine rings is 1. The number of aromatic amines is 1. The Balaban J connectivity index is 1.45. The third-order valence-corrected chi connectivity index (χ3v) is 8.27. The number of benzene rings is 1. The van der Waals surface area contributed by atoms with E-state index in [0.29, 0.717) is 61.7 Å². The molecule has 0 amide bonds. The first kappa shape index (κ1) is 23.5. The predicted molar refractivity (Wildman–Crippen MR) is 128 cm³/mol. The number of hydrogen-bond donors (Lipinski definition) is 2. The van der Waals surface area contributed by atoms with Gasteiger partial charge < -0.3 is 19.8 Å². The molecule has 0 bridgehead atoms. The average Bonchev–Trinajstić information content (AvgIpc) is 3.23. The van der Waals surface area contributed by atoms with Gasteiger partial charge in [0, 0.05) is 31.6 Å². The first-order valence-corrected chi connectivity index (χ1v) is 12.9. The van der Waals surface area contributed by atoms with Gasteiger partial charge >= 0.3 is 0 Å². The molecule has 0 aliphatic carbocycles. The van der Waals surface area contributed by atoms with Crippen LogP contribution in [0.4, 0.5) is 11.5 Å². The average molecular weight is 499 g/mol. The zero-order chi connectivity index (χ0) is 24.6. The smallest absolute Gasteiger partial charge is 0.261 e. The van der Waals surface area contributed by atoms with Crippen LogP contribution in [0.25, 0.3) is 10.9 Å². The quantitative estimate of drug-likeness (QED) is 0.544. The fourth-order valence-corrected chi connectivity index (χ4v) is 6.05. The Morgan fingerprint density at radius 3 is 2.77 bits per heavy atom. The van der Waals surface area contributed by atoms with Gasteiger partial charge in [0.05, 0.1) is 47.8 Å². The highest BCUT2D eigenvalue weighted by Gasteiger charge is 2.31. The Kier molecular flexibility index (Phi) is 6.33. The van der Waals surface area contributed by atoms with Crippen LogP contribution in [0.3, 0.4) is 0 Å². The minimum Gasteiger partial charge on any atom is -0.379 e. The van der Waals surface area contributed by atoms with E-state index < -0.39 is 10.0 Å². The van der Waals surface area contributed by atoms with Gasteiger partial charge in [0.25, 0.3) is 5.56 Å². The van der Waals surface area contributed by atoms with Crippen LogP contribution in [0.2, 0.25) is 0 Å². The molecular formula is C23H26N6O5S. The zero-order valence-electron chi connectivity index (χ0n) is 19.2. The maximum absolute atomic E-state index is 13.0. The molecule has 184 valence electrons. The number of anilines is 2. The van der Waals surface area contributed by atoms with Gasteiger partial charge in [-0.25, -0.2) is 8.42 Å². The van der Waals surface area contributed by atoms with E-state index in [4.69, 9.17) is 9.47 Å². The predicted octanol–water partition coefficient (Wildman–Crippen LogP) is 1.98. The lowest BCUT2D eigenvalue weighted by atomic mass is 9.96. The van der Waals surface area contributed by atoms with Crippen molar-refractivity contribution in [3.8, 4) is 6.07 Å². The molecule has 0 saturated carbocycles. The molecule has 3 atom stereocenters. The Bertz CT molecular complexity index is 1430.